The molecule has 0 saturated heterocycles. The molecule has 1 aliphatic heterocycles. The van der Waals surface area contributed by atoms with Gasteiger partial charge in [-0.1, -0.05) is 31.2 Å². The van der Waals surface area contributed by atoms with Crippen molar-refractivity contribution in [1.29, 1.82) is 0 Å². The molecule has 3 rings (SSSR count). The van der Waals surface area contributed by atoms with Gasteiger partial charge in [-0.2, -0.15) is 0 Å². The third kappa shape index (κ3) is 3.12. The number of nitrogens with one attached hydrogen (secondary N) is 1. The number of carbonyl (C=O) groups is 1. The number of fused-ring (bicyclic) bond motifs is 1. The highest BCUT2D eigenvalue weighted by atomic mass is 32.2. The number of hydrogen-bond donors (Lipinski definition) is 1. The molecular weight excluding hydrogens is 292 g/mol. The monoisotopic (exact) mass is 312 g/mol. The van der Waals surface area contributed by atoms with Crippen LogP contribution in [0, 0.1) is 6.92 Å². The Morgan fingerprint density at radius 2 is 2.09 bits per heavy atom. The first kappa shape index (κ1) is 15.0. The first-order valence-corrected chi connectivity index (χ1v) is 8.46. The zero-order valence-electron chi connectivity index (χ0n) is 12.9. The molecule has 1 atom stereocenters. The van der Waals surface area contributed by atoms with Gasteiger partial charge in [-0.05, 0) is 43.2 Å². The van der Waals surface area contributed by atoms with Gasteiger partial charge in [-0.15, -0.1) is 11.8 Å². The molecule has 0 spiro atoms. The lowest BCUT2D eigenvalue weighted by atomic mass is 10.2. The lowest BCUT2D eigenvalue weighted by Crippen LogP contribution is -2.41. The van der Waals surface area contributed by atoms with Crippen LogP contribution in [-0.4, -0.2) is 17.8 Å². The van der Waals surface area contributed by atoms with Gasteiger partial charge >= 0.3 is 6.03 Å². The number of hydrogen-bond acceptors (Lipinski definition) is 2. The van der Waals surface area contributed by atoms with Crippen molar-refractivity contribution < 1.29 is 4.79 Å². The predicted molar refractivity (Wildman–Crippen MR) is 93.9 cm³/mol. The first-order chi connectivity index (χ1) is 10.7. The number of carbonyl (C=O) groups excluding carboxylic acids is 1. The third-order valence-electron chi connectivity index (χ3n) is 3.81. The van der Waals surface area contributed by atoms with E-state index >= 15 is 0 Å². The summed E-state index contributed by atoms with van der Waals surface area (Å²) >= 11 is 1.87. The van der Waals surface area contributed by atoms with E-state index in [4.69, 9.17) is 0 Å². The average Bonchev–Trinajstić information content (AvgIpc) is 2.53. The highest BCUT2D eigenvalue weighted by Gasteiger charge is 2.28. The van der Waals surface area contributed by atoms with Crippen LogP contribution in [0.2, 0.25) is 0 Å². The molecule has 1 heterocycles. The van der Waals surface area contributed by atoms with Crippen molar-refractivity contribution >= 4 is 29.2 Å². The van der Waals surface area contributed by atoms with E-state index in [-0.39, 0.29) is 6.03 Å². The Morgan fingerprint density at radius 1 is 1.27 bits per heavy atom. The fraction of sp³-hybridized carbons (Fsp3) is 0.278. The molecule has 4 heteroatoms. The van der Waals surface area contributed by atoms with E-state index in [1.165, 1.54) is 4.90 Å². The Balaban J connectivity index is 1.85. The molecule has 0 aliphatic carbocycles. The molecular formula is C18H20N2OS. The number of para-hydroxylation sites is 1. The number of thioether (sulfide) groups is 1. The van der Waals surface area contributed by atoms with Crippen molar-refractivity contribution in [2.24, 2.45) is 0 Å². The quantitative estimate of drug-likeness (QED) is 0.854. The van der Waals surface area contributed by atoms with Gasteiger partial charge in [-0.3, -0.25) is 4.90 Å². The van der Waals surface area contributed by atoms with Crippen LogP contribution in [0.1, 0.15) is 18.9 Å². The smallest absolute Gasteiger partial charge is 0.308 e. The molecule has 0 fully saturated rings. The summed E-state index contributed by atoms with van der Waals surface area (Å²) in [6.07, 6.45) is 1.05. The number of anilines is 2. The molecule has 3 nitrogen and oxygen atoms in total. The van der Waals surface area contributed by atoms with E-state index < -0.39 is 0 Å². The fourth-order valence-corrected chi connectivity index (χ4v) is 3.82. The number of aryl methyl sites for hydroxylation is 1. The maximum absolute atomic E-state index is 12.7. The van der Waals surface area contributed by atoms with Crippen LogP contribution >= 0.6 is 11.8 Å². The summed E-state index contributed by atoms with van der Waals surface area (Å²) in [6, 6.07) is 16.0. The van der Waals surface area contributed by atoms with Gasteiger partial charge in [-0.25, -0.2) is 4.79 Å². The van der Waals surface area contributed by atoms with Gasteiger partial charge in [0.15, 0.2) is 0 Å². The van der Waals surface area contributed by atoms with E-state index in [2.05, 4.69) is 18.3 Å². The third-order valence-corrected chi connectivity index (χ3v) is 5.22. The van der Waals surface area contributed by atoms with Gasteiger partial charge in [0.25, 0.3) is 0 Å². The van der Waals surface area contributed by atoms with Gasteiger partial charge in [0.2, 0.25) is 0 Å². The largest absolute Gasteiger partial charge is 0.326 e. The molecule has 0 saturated carbocycles. The Morgan fingerprint density at radius 3 is 2.86 bits per heavy atom. The number of benzene rings is 2. The summed E-state index contributed by atoms with van der Waals surface area (Å²) in [5.41, 5.74) is 2.98. The topological polar surface area (TPSA) is 32.3 Å². The maximum Gasteiger partial charge on any atom is 0.326 e. The fourth-order valence-electron chi connectivity index (χ4n) is 2.62. The summed E-state index contributed by atoms with van der Waals surface area (Å²) in [5, 5.41) is 3.46. The number of rotatable bonds is 2. The molecule has 2 aromatic rings. The van der Waals surface area contributed by atoms with Crippen LogP contribution in [0.4, 0.5) is 16.2 Å². The van der Waals surface area contributed by atoms with Crippen LogP contribution < -0.4 is 10.2 Å². The second-order valence-corrected chi connectivity index (χ2v) is 6.87. The molecule has 2 aromatic carbocycles. The zero-order valence-corrected chi connectivity index (χ0v) is 13.7. The molecule has 2 amide bonds. The highest BCUT2D eigenvalue weighted by Crippen LogP contribution is 2.39. The van der Waals surface area contributed by atoms with Crippen molar-refractivity contribution in [3.63, 3.8) is 0 Å². The molecule has 114 valence electrons. The zero-order chi connectivity index (χ0) is 15.5. The molecule has 0 aromatic heterocycles. The second-order valence-electron chi connectivity index (χ2n) is 5.53. The molecule has 0 radical (unpaired) electrons. The summed E-state index contributed by atoms with van der Waals surface area (Å²) in [6.45, 7) is 4.94. The minimum atomic E-state index is -0.0585. The summed E-state index contributed by atoms with van der Waals surface area (Å²) in [5.74, 6) is 0. The normalized spacial score (nSPS) is 17.0. The molecule has 0 unspecified atom stereocenters. The Hall–Kier alpha value is -1.94. The Bertz CT molecular complexity index is 686. The van der Waals surface area contributed by atoms with Crippen molar-refractivity contribution in [2.75, 3.05) is 16.8 Å². The van der Waals surface area contributed by atoms with Crippen molar-refractivity contribution in [3.05, 3.63) is 54.1 Å². The van der Waals surface area contributed by atoms with Crippen LogP contribution in [0.3, 0.4) is 0 Å². The number of amides is 2. The number of urea groups is 1. The maximum atomic E-state index is 12.7. The van der Waals surface area contributed by atoms with Gasteiger partial charge in [0.05, 0.1) is 5.69 Å². The van der Waals surface area contributed by atoms with Crippen molar-refractivity contribution in [3.8, 4) is 0 Å². The van der Waals surface area contributed by atoms with Crippen molar-refractivity contribution in [1.82, 2.24) is 0 Å². The lowest BCUT2D eigenvalue weighted by Gasteiger charge is -2.33. The molecule has 0 bridgehead atoms. The van der Waals surface area contributed by atoms with Gasteiger partial charge in [0.1, 0.15) is 0 Å². The van der Waals surface area contributed by atoms with Gasteiger partial charge in [0, 0.05) is 22.4 Å². The van der Waals surface area contributed by atoms with E-state index in [9.17, 15) is 4.79 Å². The van der Waals surface area contributed by atoms with E-state index in [1.54, 1.807) is 0 Å². The van der Waals surface area contributed by atoms with Crippen LogP contribution in [0.5, 0.6) is 0 Å². The Labute approximate surface area is 135 Å². The first-order valence-electron chi connectivity index (χ1n) is 7.58. The van der Waals surface area contributed by atoms with Crippen LogP contribution in [0.15, 0.2) is 53.4 Å². The second kappa shape index (κ2) is 6.44. The van der Waals surface area contributed by atoms with E-state index in [0.717, 1.165) is 29.9 Å². The predicted octanol–water partition coefficient (Wildman–Crippen LogP) is 4.92. The summed E-state index contributed by atoms with van der Waals surface area (Å²) < 4.78 is 0. The van der Waals surface area contributed by atoms with Crippen LogP contribution in [-0.2, 0) is 0 Å². The molecule has 1 aliphatic rings. The number of nitrogens with zero attached hydrogens (tertiary/aromatic N) is 1. The highest BCUT2D eigenvalue weighted by molar-refractivity contribution is 8.00. The SMILES string of the molecule is CC[C@H]1CN(C(=O)Nc2cccc(C)c2)c2ccccc2S1. The minimum absolute atomic E-state index is 0.0585. The standard InChI is InChI=1S/C18H20N2OS/c1-3-15-12-20(16-9-4-5-10-17(16)22-15)18(21)19-14-8-6-7-13(2)11-14/h4-11,15H,3,12H2,1-2H3,(H,19,21)/t15-/m0/s1. The average molecular weight is 312 g/mol. The summed E-state index contributed by atoms with van der Waals surface area (Å²) in [7, 11) is 0. The minimum Gasteiger partial charge on any atom is -0.308 e. The molecule has 22 heavy (non-hydrogen) atoms. The summed E-state index contributed by atoms with van der Waals surface area (Å²) in [4.78, 5) is 15.8. The lowest BCUT2D eigenvalue weighted by molar-refractivity contribution is 0.256. The Kier molecular flexibility index (Phi) is 4.39. The van der Waals surface area contributed by atoms with Gasteiger partial charge < -0.3 is 5.32 Å². The van der Waals surface area contributed by atoms with Crippen molar-refractivity contribution in [2.45, 2.75) is 30.4 Å². The van der Waals surface area contributed by atoms with E-state index in [0.29, 0.717) is 5.25 Å². The van der Waals surface area contributed by atoms with E-state index in [1.807, 2.05) is 66.1 Å². The van der Waals surface area contributed by atoms with Crippen LogP contribution in [0.25, 0.3) is 0 Å². The molecule has 1 N–H and O–H groups in total.